The summed E-state index contributed by atoms with van der Waals surface area (Å²) in [6.07, 6.45) is 11.0. The summed E-state index contributed by atoms with van der Waals surface area (Å²) in [5.74, 6) is 0. The van der Waals surface area contributed by atoms with Crippen molar-refractivity contribution >= 4 is 0 Å². The summed E-state index contributed by atoms with van der Waals surface area (Å²) in [5, 5.41) is 0. The lowest BCUT2D eigenvalue weighted by Gasteiger charge is -2.40. The summed E-state index contributed by atoms with van der Waals surface area (Å²) in [6.45, 7) is 14.9. The van der Waals surface area contributed by atoms with E-state index in [0.29, 0.717) is 0 Å². The number of hydrogen-bond acceptors (Lipinski definition) is 1. The molecule has 18 heavy (non-hydrogen) atoms. The van der Waals surface area contributed by atoms with Gasteiger partial charge in [-0.3, -0.25) is 0 Å². The molecule has 0 atom stereocenters. The lowest BCUT2D eigenvalue weighted by Crippen LogP contribution is -2.32. The van der Waals surface area contributed by atoms with E-state index in [4.69, 9.17) is 0 Å². The number of allylic oxidation sites excluding steroid dienone is 5. The van der Waals surface area contributed by atoms with E-state index >= 15 is 0 Å². The second-order valence-corrected chi connectivity index (χ2v) is 7.29. The normalized spacial score (nSPS) is 20.1. The molecule has 2 aliphatic rings. The molecular weight excluding hydrogens is 218 g/mol. The highest BCUT2D eigenvalue weighted by Crippen LogP contribution is 2.41. The first-order chi connectivity index (χ1) is 8.19. The lowest BCUT2D eigenvalue weighted by molar-refractivity contribution is 0.383. The molecule has 0 aromatic rings. The maximum atomic E-state index is 2.37. The number of hydrogen-bond donors (Lipinski definition) is 0. The Labute approximate surface area is 112 Å². The summed E-state index contributed by atoms with van der Waals surface area (Å²) >= 11 is 0. The molecule has 1 nitrogen and oxygen atoms in total. The van der Waals surface area contributed by atoms with E-state index in [9.17, 15) is 0 Å². The van der Waals surface area contributed by atoms with Crippen molar-refractivity contribution in [2.24, 2.45) is 10.8 Å². The van der Waals surface area contributed by atoms with Gasteiger partial charge < -0.3 is 4.90 Å². The van der Waals surface area contributed by atoms with Gasteiger partial charge in [0.05, 0.1) is 0 Å². The molecule has 0 spiro atoms. The van der Waals surface area contributed by atoms with Gasteiger partial charge in [0.2, 0.25) is 0 Å². The molecule has 1 heteroatoms. The van der Waals surface area contributed by atoms with Gasteiger partial charge in [0.25, 0.3) is 0 Å². The highest BCUT2D eigenvalue weighted by Gasteiger charge is 2.31. The molecule has 2 aliphatic heterocycles. The SMILES string of the molecule is CC(C)(C)C1=C(C(C)(C)C)CN2C=CC=CC2=C1. The van der Waals surface area contributed by atoms with Crippen molar-refractivity contribution in [1.82, 2.24) is 4.90 Å². The fraction of sp³-hybridized carbons (Fsp3) is 0.529. The van der Waals surface area contributed by atoms with Crippen molar-refractivity contribution in [3.63, 3.8) is 0 Å². The van der Waals surface area contributed by atoms with Crippen LogP contribution in [-0.2, 0) is 0 Å². The van der Waals surface area contributed by atoms with Gasteiger partial charge in [-0.1, -0.05) is 47.6 Å². The quantitative estimate of drug-likeness (QED) is 0.598. The van der Waals surface area contributed by atoms with Crippen molar-refractivity contribution in [2.75, 3.05) is 6.54 Å². The summed E-state index contributed by atoms with van der Waals surface area (Å²) in [5.41, 5.74) is 4.80. The molecule has 0 N–H and O–H groups in total. The first-order valence-corrected chi connectivity index (χ1v) is 6.77. The van der Waals surface area contributed by atoms with E-state index in [0.717, 1.165) is 6.54 Å². The van der Waals surface area contributed by atoms with Crippen LogP contribution in [0.4, 0.5) is 0 Å². The highest BCUT2D eigenvalue weighted by atomic mass is 15.1. The molecule has 0 radical (unpaired) electrons. The predicted molar refractivity (Wildman–Crippen MR) is 79.0 cm³/mol. The summed E-state index contributed by atoms with van der Waals surface area (Å²) in [4.78, 5) is 2.34. The van der Waals surface area contributed by atoms with Gasteiger partial charge in [-0.25, -0.2) is 0 Å². The van der Waals surface area contributed by atoms with Gasteiger partial charge in [-0.2, -0.15) is 0 Å². The van der Waals surface area contributed by atoms with Crippen LogP contribution in [0.25, 0.3) is 0 Å². The minimum Gasteiger partial charge on any atom is -0.344 e. The maximum absolute atomic E-state index is 2.37. The Morgan fingerprint density at radius 1 is 0.944 bits per heavy atom. The first-order valence-electron chi connectivity index (χ1n) is 6.77. The van der Waals surface area contributed by atoms with E-state index in [2.05, 4.69) is 76.9 Å². The molecule has 2 heterocycles. The van der Waals surface area contributed by atoms with Gasteiger partial charge >= 0.3 is 0 Å². The molecular formula is C17H25N. The van der Waals surface area contributed by atoms with Crippen LogP contribution in [-0.4, -0.2) is 11.4 Å². The van der Waals surface area contributed by atoms with Crippen LogP contribution in [0, 0.1) is 10.8 Å². The Bertz CT molecular complexity index is 459. The van der Waals surface area contributed by atoms with E-state index in [-0.39, 0.29) is 10.8 Å². The van der Waals surface area contributed by atoms with Crippen LogP contribution in [0.1, 0.15) is 41.5 Å². The van der Waals surface area contributed by atoms with Crippen LogP contribution in [0.2, 0.25) is 0 Å². The van der Waals surface area contributed by atoms with E-state index in [1.807, 2.05) is 0 Å². The zero-order valence-electron chi connectivity index (χ0n) is 12.5. The third-order valence-corrected chi connectivity index (χ3v) is 3.63. The van der Waals surface area contributed by atoms with Crippen molar-refractivity contribution < 1.29 is 0 Å². The zero-order chi connectivity index (χ0) is 13.6. The molecule has 0 saturated heterocycles. The first kappa shape index (κ1) is 13.2. The summed E-state index contributed by atoms with van der Waals surface area (Å²) < 4.78 is 0. The summed E-state index contributed by atoms with van der Waals surface area (Å²) in [6, 6.07) is 0. The lowest BCUT2D eigenvalue weighted by atomic mass is 9.73. The Balaban J connectivity index is 2.54. The summed E-state index contributed by atoms with van der Waals surface area (Å²) in [7, 11) is 0. The fourth-order valence-corrected chi connectivity index (χ4v) is 2.57. The van der Waals surface area contributed by atoms with Gasteiger partial charge in [-0.05, 0) is 40.2 Å². The second-order valence-electron chi connectivity index (χ2n) is 7.29. The molecule has 2 rings (SSSR count). The molecule has 0 aliphatic carbocycles. The zero-order valence-corrected chi connectivity index (χ0v) is 12.5. The molecule has 98 valence electrons. The van der Waals surface area contributed by atoms with Crippen LogP contribution in [0.15, 0.2) is 47.3 Å². The van der Waals surface area contributed by atoms with Crippen LogP contribution >= 0.6 is 0 Å². The minimum absolute atomic E-state index is 0.205. The highest BCUT2D eigenvalue weighted by molar-refractivity contribution is 5.45. The van der Waals surface area contributed by atoms with Gasteiger partial charge in [-0.15, -0.1) is 0 Å². The standard InChI is InChI=1S/C17H25N/c1-16(2,3)14-11-13-9-7-8-10-18(13)12-15(14)17(4,5)6/h7-11H,12H2,1-6H3. The largest absolute Gasteiger partial charge is 0.344 e. The average molecular weight is 243 g/mol. The molecule has 0 aromatic heterocycles. The fourth-order valence-electron chi connectivity index (χ4n) is 2.57. The van der Waals surface area contributed by atoms with Gasteiger partial charge in [0, 0.05) is 18.4 Å². The molecule has 0 aromatic carbocycles. The minimum atomic E-state index is 0.205. The molecule has 0 fully saturated rings. The molecule has 0 saturated carbocycles. The Morgan fingerprint density at radius 2 is 1.61 bits per heavy atom. The Morgan fingerprint density at radius 3 is 2.17 bits per heavy atom. The number of fused-ring (bicyclic) bond motifs is 1. The van der Waals surface area contributed by atoms with Crippen molar-refractivity contribution in [2.45, 2.75) is 41.5 Å². The van der Waals surface area contributed by atoms with Crippen molar-refractivity contribution in [1.29, 1.82) is 0 Å². The Hall–Kier alpha value is -1.24. The van der Waals surface area contributed by atoms with Crippen LogP contribution in [0.5, 0.6) is 0 Å². The molecule has 0 unspecified atom stereocenters. The third-order valence-electron chi connectivity index (χ3n) is 3.63. The van der Waals surface area contributed by atoms with Crippen LogP contribution in [0.3, 0.4) is 0 Å². The molecule has 0 amide bonds. The topological polar surface area (TPSA) is 3.24 Å². The van der Waals surface area contributed by atoms with E-state index in [1.165, 1.54) is 11.3 Å². The van der Waals surface area contributed by atoms with E-state index < -0.39 is 0 Å². The third kappa shape index (κ3) is 2.45. The second kappa shape index (κ2) is 4.15. The smallest absolute Gasteiger partial charge is 0.0446 e. The van der Waals surface area contributed by atoms with E-state index in [1.54, 1.807) is 5.57 Å². The van der Waals surface area contributed by atoms with Gasteiger partial charge in [0.1, 0.15) is 0 Å². The maximum Gasteiger partial charge on any atom is 0.0446 e. The average Bonchev–Trinajstić information content (AvgIpc) is 2.25. The van der Waals surface area contributed by atoms with Gasteiger partial charge in [0.15, 0.2) is 0 Å². The van der Waals surface area contributed by atoms with Crippen molar-refractivity contribution in [3.05, 3.63) is 47.3 Å². The molecule has 0 bridgehead atoms. The van der Waals surface area contributed by atoms with Crippen LogP contribution < -0.4 is 0 Å². The van der Waals surface area contributed by atoms with Crippen molar-refractivity contribution in [3.8, 4) is 0 Å². The number of rotatable bonds is 0. The predicted octanol–water partition coefficient (Wildman–Crippen LogP) is 4.66. The number of nitrogens with zero attached hydrogens (tertiary/aromatic N) is 1. The Kier molecular flexibility index (Phi) is 3.04. The monoisotopic (exact) mass is 243 g/mol.